The Morgan fingerprint density at radius 2 is 2.42 bits per heavy atom. The number of carboxylic acids is 1. The van der Waals surface area contributed by atoms with Crippen LogP contribution in [0.4, 0.5) is 0 Å². The van der Waals surface area contributed by atoms with Crippen LogP contribution in [-0.2, 0) is 11.2 Å². The van der Waals surface area contributed by atoms with Crippen LogP contribution in [0.1, 0.15) is 17.1 Å². The van der Waals surface area contributed by atoms with Crippen LogP contribution in [-0.4, -0.2) is 16.1 Å². The Morgan fingerprint density at radius 3 is 2.83 bits per heavy atom. The van der Waals surface area contributed by atoms with Crippen molar-refractivity contribution in [1.29, 1.82) is 0 Å². The van der Waals surface area contributed by atoms with Gasteiger partial charge in [0.15, 0.2) is 0 Å². The topological polar surface area (TPSA) is 50.2 Å². The number of nitrogens with zero attached hydrogens (tertiary/aromatic N) is 1. The maximum Gasteiger partial charge on any atom is 0.303 e. The molecule has 1 heterocycles. The highest BCUT2D eigenvalue weighted by Gasteiger charge is 2.01. The van der Waals surface area contributed by atoms with Crippen LogP contribution in [0.5, 0.6) is 0 Å². The minimum absolute atomic E-state index is 0. The van der Waals surface area contributed by atoms with Gasteiger partial charge in [-0.25, -0.2) is 4.98 Å². The number of carbonyl (C=O) groups is 1. The summed E-state index contributed by atoms with van der Waals surface area (Å²) in [4.78, 5) is 14.3. The van der Waals surface area contributed by atoms with Gasteiger partial charge in [0.25, 0.3) is 0 Å². The molecule has 0 amide bonds. The summed E-state index contributed by atoms with van der Waals surface area (Å²) in [5, 5.41) is 11.2. The Labute approximate surface area is 85.2 Å². The SMILES string of the molecule is Br.Cc1nc(CCC(=O)O)cs1. The van der Waals surface area contributed by atoms with E-state index in [1.54, 1.807) is 11.3 Å². The molecule has 0 radical (unpaired) electrons. The Balaban J connectivity index is 0.00000121. The molecule has 68 valence electrons. The zero-order valence-corrected chi connectivity index (χ0v) is 9.14. The van der Waals surface area contributed by atoms with Crippen molar-refractivity contribution in [2.45, 2.75) is 19.8 Å². The molecule has 0 atom stereocenters. The quantitative estimate of drug-likeness (QED) is 0.895. The zero-order chi connectivity index (χ0) is 8.27. The van der Waals surface area contributed by atoms with E-state index in [-0.39, 0.29) is 23.4 Å². The number of thiazole rings is 1. The van der Waals surface area contributed by atoms with Crippen molar-refractivity contribution in [2.75, 3.05) is 0 Å². The minimum Gasteiger partial charge on any atom is -0.481 e. The highest BCUT2D eigenvalue weighted by atomic mass is 79.9. The van der Waals surface area contributed by atoms with E-state index in [9.17, 15) is 4.79 Å². The summed E-state index contributed by atoms with van der Waals surface area (Å²) in [5.74, 6) is -0.768. The van der Waals surface area contributed by atoms with Crippen molar-refractivity contribution >= 4 is 34.3 Å². The van der Waals surface area contributed by atoms with Gasteiger partial charge in [-0.1, -0.05) is 0 Å². The predicted octanol–water partition coefficient (Wildman–Crippen LogP) is 2.05. The lowest BCUT2D eigenvalue weighted by atomic mass is 10.2. The molecule has 0 bridgehead atoms. The van der Waals surface area contributed by atoms with Gasteiger partial charge in [0.2, 0.25) is 0 Å². The van der Waals surface area contributed by atoms with Crippen LogP contribution in [0.2, 0.25) is 0 Å². The molecule has 0 fully saturated rings. The van der Waals surface area contributed by atoms with Crippen molar-refractivity contribution in [2.24, 2.45) is 0 Å². The molecular formula is C7H10BrNO2S. The van der Waals surface area contributed by atoms with Gasteiger partial charge in [0.1, 0.15) is 0 Å². The van der Waals surface area contributed by atoms with Gasteiger partial charge in [0, 0.05) is 11.8 Å². The van der Waals surface area contributed by atoms with E-state index < -0.39 is 5.97 Å². The number of carboxylic acid groups (broad SMARTS) is 1. The molecule has 12 heavy (non-hydrogen) atoms. The first-order chi connectivity index (χ1) is 5.18. The number of hydrogen-bond acceptors (Lipinski definition) is 3. The lowest BCUT2D eigenvalue weighted by molar-refractivity contribution is -0.136. The Kier molecular flexibility index (Phi) is 5.08. The van der Waals surface area contributed by atoms with E-state index in [4.69, 9.17) is 5.11 Å². The Hall–Kier alpha value is -0.420. The van der Waals surface area contributed by atoms with Crippen LogP contribution >= 0.6 is 28.3 Å². The normalized spacial score (nSPS) is 9.08. The second-order valence-electron chi connectivity index (χ2n) is 2.25. The summed E-state index contributed by atoms with van der Waals surface area (Å²) in [6, 6.07) is 0. The third kappa shape index (κ3) is 3.82. The standard InChI is InChI=1S/C7H9NO2S.BrH/c1-5-8-6(4-11-5)2-3-7(9)10;/h4H,2-3H2,1H3,(H,9,10);1H. The fourth-order valence-electron chi connectivity index (χ4n) is 0.758. The average molecular weight is 252 g/mol. The van der Waals surface area contributed by atoms with Gasteiger partial charge < -0.3 is 5.11 Å². The largest absolute Gasteiger partial charge is 0.481 e. The molecular weight excluding hydrogens is 242 g/mol. The average Bonchev–Trinajstić information content (AvgIpc) is 2.31. The van der Waals surface area contributed by atoms with Gasteiger partial charge in [-0.05, 0) is 6.92 Å². The first-order valence-corrected chi connectivity index (χ1v) is 4.19. The molecule has 0 spiro atoms. The molecule has 0 saturated heterocycles. The maximum absolute atomic E-state index is 10.2. The third-order valence-electron chi connectivity index (χ3n) is 1.26. The van der Waals surface area contributed by atoms with Gasteiger partial charge >= 0.3 is 5.97 Å². The maximum atomic E-state index is 10.2. The van der Waals surface area contributed by atoms with Gasteiger partial charge in [0.05, 0.1) is 17.1 Å². The summed E-state index contributed by atoms with van der Waals surface area (Å²) in [6.07, 6.45) is 0.711. The molecule has 0 aliphatic carbocycles. The van der Waals surface area contributed by atoms with Crippen LogP contribution in [0.25, 0.3) is 0 Å². The summed E-state index contributed by atoms with van der Waals surface area (Å²) in [6.45, 7) is 1.91. The molecule has 0 aromatic carbocycles. The number of aryl methyl sites for hydroxylation is 2. The molecule has 1 aromatic rings. The van der Waals surface area contributed by atoms with Crippen molar-refractivity contribution < 1.29 is 9.90 Å². The van der Waals surface area contributed by atoms with Crippen LogP contribution < -0.4 is 0 Å². The lowest BCUT2D eigenvalue weighted by Gasteiger charge is -1.89. The molecule has 1 rings (SSSR count). The summed E-state index contributed by atoms with van der Waals surface area (Å²) >= 11 is 1.55. The van der Waals surface area contributed by atoms with E-state index in [1.807, 2.05) is 12.3 Å². The molecule has 1 aromatic heterocycles. The molecule has 0 unspecified atom stereocenters. The van der Waals surface area contributed by atoms with Crippen LogP contribution in [0.3, 0.4) is 0 Å². The minimum atomic E-state index is -0.768. The van der Waals surface area contributed by atoms with Crippen molar-refractivity contribution in [1.82, 2.24) is 4.98 Å². The summed E-state index contributed by atoms with van der Waals surface area (Å²) in [5.41, 5.74) is 0.884. The first-order valence-electron chi connectivity index (χ1n) is 3.31. The summed E-state index contributed by atoms with van der Waals surface area (Å²) < 4.78 is 0. The number of halogens is 1. The van der Waals surface area contributed by atoms with E-state index in [2.05, 4.69) is 4.98 Å². The molecule has 0 aliphatic heterocycles. The lowest BCUT2D eigenvalue weighted by Crippen LogP contribution is -1.97. The van der Waals surface area contributed by atoms with Gasteiger partial charge in [-0.2, -0.15) is 0 Å². The number of aromatic nitrogens is 1. The van der Waals surface area contributed by atoms with Gasteiger partial charge in [-0.15, -0.1) is 28.3 Å². The van der Waals surface area contributed by atoms with E-state index in [1.165, 1.54) is 0 Å². The second-order valence-corrected chi connectivity index (χ2v) is 3.31. The number of hydrogen-bond donors (Lipinski definition) is 1. The first kappa shape index (κ1) is 11.6. The van der Waals surface area contributed by atoms with E-state index in [0.29, 0.717) is 6.42 Å². The second kappa shape index (κ2) is 5.27. The number of aliphatic carboxylic acids is 1. The molecule has 3 nitrogen and oxygen atoms in total. The Bertz CT molecular complexity index is 262. The molecule has 5 heteroatoms. The fraction of sp³-hybridized carbons (Fsp3) is 0.429. The fourth-order valence-corrected chi connectivity index (χ4v) is 1.41. The van der Waals surface area contributed by atoms with Crippen molar-refractivity contribution in [3.05, 3.63) is 16.1 Å². The highest BCUT2D eigenvalue weighted by Crippen LogP contribution is 2.09. The third-order valence-corrected chi connectivity index (χ3v) is 2.08. The molecule has 0 saturated carbocycles. The van der Waals surface area contributed by atoms with Crippen LogP contribution in [0.15, 0.2) is 5.38 Å². The summed E-state index contributed by atoms with van der Waals surface area (Å²) in [7, 11) is 0. The van der Waals surface area contributed by atoms with E-state index in [0.717, 1.165) is 10.7 Å². The predicted molar refractivity (Wildman–Crippen MR) is 53.1 cm³/mol. The smallest absolute Gasteiger partial charge is 0.303 e. The van der Waals surface area contributed by atoms with Crippen molar-refractivity contribution in [3.8, 4) is 0 Å². The molecule has 0 aliphatic rings. The van der Waals surface area contributed by atoms with Crippen LogP contribution in [0, 0.1) is 6.92 Å². The highest BCUT2D eigenvalue weighted by molar-refractivity contribution is 8.93. The van der Waals surface area contributed by atoms with Gasteiger partial charge in [-0.3, -0.25) is 4.79 Å². The molecule has 1 N–H and O–H groups in total. The number of rotatable bonds is 3. The monoisotopic (exact) mass is 251 g/mol. The Morgan fingerprint density at radius 1 is 1.75 bits per heavy atom. The van der Waals surface area contributed by atoms with Crippen molar-refractivity contribution in [3.63, 3.8) is 0 Å². The zero-order valence-electron chi connectivity index (χ0n) is 6.61. The van der Waals surface area contributed by atoms with E-state index >= 15 is 0 Å².